The third kappa shape index (κ3) is 3.89. The molecule has 0 aliphatic heterocycles. The average Bonchev–Trinajstić information content (AvgIpc) is 2.55. The van der Waals surface area contributed by atoms with Crippen LogP contribution in [0.25, 0.3) is 10.9 Å². The van der Waals surface area contributed by atoms with Crippen LogP contribution in [0.4, 0.5) is 11.4 Å². The van der Waals surface area contributed by atoms with E-state index in [4.69, 9.17) is 4.74 Å². The molecule has 0 spiro atoms. The molecule has 6 nitrogen and oxygen atoms in total. The van der Waals surface area contributed by atoms with Crippen molar-refractivity contribution in [1.82, 2.24) is 4.98 Å². The first-order valence-corrected chi connectivity index (χ1v) is 9.19. The van der Waals surface area contributed by atoms with E-state index in [1.165, 1.54) is 12.1 Å². The summed E-state index contributed by atoms with van der Waals surface area (Å²) >= 11 is 0. The fraction of sp³-hybridized carbons (Fsp3) is 0.167. The molecule has 130 valence electrons. The maximum atomic E-state index is 11.3. The van der Waals surface area contributed by atoms with Crippen LogP contribution in [0, 0.1) is 6.92 Å². The first-order chi connectivity index (χ1) is 11.9. The summed E-state index contributed by atoms with van der Waals surface area (Å²) in [5.41, 5.74) is 2.95. The molecule has 0 aliphatic rings. The standard InChI is InChI=1S/C18H18N2O4S/c1-3-24-14-7-8-17-16(11-14)18(9-12(2)19-17)20-13-5-4-6-15(10-13)25(21,22)23/h4-11H,3H2,1-2H3,(H,19,20)(H,21,22,23). The van der Waals surface area contributed by atoms with Crippen molar-refractivity contribution < 1.29 is 17.7 Å². The first kappa shape index (κ1) is 17.2. The molecule has 0 aliphatic carbocycles. The molecule has 3 rings (SSSR count). The maximum absolute atomic E-state index is 11.3. The summed E-state index contributed by atoms with van der Waals surface area (Å²) in [7, 11) is -4.25. The quantitative estimate of drug-likeness (QED) is 0.672. The summed E-state index contributed by atoms with van der Waals surface area (Å²) in [6, 6.07) is 13.5. The second kappa shape index (κ2) is 6.70. The molecule has 2 N–H and O–H groups in total. The van der Waals surface area contributed by atoms with Crippen molar-refractivity contribution in [3.8, 4) is 5.75 Å². The summed E-state index contributed by atoms with van der Waals surface area (Å²) in [5.74, 6) is 0.732. The normalized spacial score (nSPS) is 11.5. The number of fused-ring (bicyclic) bond motifs is 1. The van der Waals surface area contributed by atoms with Gasteiger partial charge in [-0.1, -0.05) is 6.07 Å². The van der Waals surface area contributed by atoms with Crippen LogP contribution in [0.15, 0.2) is 53.4 Å². The number of rotatable bonds is 5. The van der Waals surface area contributed by atoms with Crippen LogP contribution in [0.3, 0.4) is 0 Å². The zero-order chi connectivity index (χ0) is 18.0. The lowest BCUT2D eigenvalue weighted by Gasteiger charge is -2.13. The minimum atomic E-state index is -4.25. The van der Waals surface area contributed by atoms with Crippen molar-refractivity contribution in [3.63, 3.8) is 0 Å². The van der Waals surface area contributed by atoms with Crippen LogP contribution < -0.4 is 10.1 Å². The Morgan fingerprint density at radius 2 is 1.96 bits per heavy atom. The largest absolute Gasteiger partial charge is 0.494 e. The lowest BCUT2D eigenvalue weighted by Crippen LogP contribution is -2.00. The van der Waals surface area contributed by atoms with Gasteiger partial charge in [0, 0.05) is 22.5 Å². The van der Waals surface area contributed by atoms with Gasteiger partial charge in [0.1, 0.15) is 5.75 Å². The number of hydrogen-bond donors (Lipinski definition) is 2. The molecule has 1 heterocycles. The maximum Gasteiger partial charge on any atom is 0.294 e. The van der Waals surface area contributed by atoms with Gasteiger partial charge in [-0.25, -0.2) is 0 Å². The van der Waals surface area contributed by atoms with Gasteiger partial charge in [0.15, 0.2) is 0 Å². The van der Waals surface area contributed by atoms with Crippen LogP contribution in [0.2, 0.25) is 0 Å². The number of anilines is 2. The molecule has 0 bridgehead atoms. The van der Waals surface area contributed by atoms with Crippen molar-refractivity contribution >= 4 is 32.4 Å². The molecule has 0 fully saturated rings. The van der Waals surface area contributed by atoms with Gasteiger partial charge in [-0.2, -0.15) is 8.42 Å². The SMILES string of the molecule is CCOc1ccc2nc(C)cc(Nc3cccc(S(=O)(=O)O)c3)c2c1. The van der Waals surface area contributed by atoms with Gasteiger partial charge < -0.3 is 10.1 Å². The Hall–Kier alpha value is -2.64. The molecule has 25 heavy (non-hydrogen) atoms. The third-order valence-electron chi connectivity index (χ3n) is 3.63. The number of benzene rings is 2. The first-order valence-electron chi connectivity index (χ1n) is 7.75. The van der Waals surface area contributed by atoms with Crippen LogP contribution in [0.5, 0.6) is 5.75 Å². The highest BCUT2D eigenvalue weighted by Crippen LogP contribution is 2.30. The Balaban J connectivity index is 2.07. The minimum Gasteiger partial charge on any atom is -0.494 e. The molecule has 7 heteroatoms. The predicted molar refractivity (Wildman–Crippen MR) is 97.2 cm³/mol. The number of aryl methyl sites for hydroxylation is 1. The van der Waals surface area contributed by atoms with E-state index in [-0.39, 0.29) is 4.90 Å². The molecule has 3 aromatic rings. The Bertz CT molecular complexity index is 1030. The van der Waals surface area contributed by atoms with Gasteiger partial charge in [-0.3, -0.25) is 9.54 Å². The summed E-state index contributed by atoms with van der Waals surface area (Å²) in [5, 5.41) is 4.05. The number of ether oxygens (including phenoxy) is 1. The predicted octanol–water partition coefficient (Wildman–Crippen LogP) is 3.93. The second-order valence-corrected chi connectivity index (χ2v) is 6.97. The molecule has 0 saturated carbocycles. The van der Waals surface area contributed by atoms with E-state index in [1.807, 2.05) is 38.1 Å². The number of aromatic nitrogens is 1. The Morgan fingerprint density at radius 3 is 2.68 bits per heavy atom. The number of nitrogens with one attached hydrogen (secondary N) is 1. The average molecular weight is 358 g/mol. The molecule has 0 amide bonds. The van der Waals surface area contributed by atoms with E-state index < -0.39 is 10.1 Å². The molecular formula is C18H18N2O4S. The fourth-order valence-electron chi connectivity index (χ4n) is 2.59. The molecule has 0 atom stereocenters. The van der Waals surface area contributed by atoms with Crippen molar-refractivity contribution in [3.05, 3.63) is 54.2 Å². The highest BCUT2D eigenvalue weighted by molar-refractivity contribution is 7.85. The van der Waals surface area contributed by atoms with E-state index in [0.29, 0.717) is 12.3 Å². The molecular weight excluding hydrogens is 340 g/mol. The van der Waals surface area contributed by atoms with E-state index in [2.05, 4.69) is 10.3 Å². The van der Waals surface area contributed by atoms with Crippen LogP contribution >= 0.6 is 0 Å². The highest BCUT2D eigenvalue weighted by Gasteiger charge is 2.11. The second-order valence-electron chi connectivity index (χ2n) is 5.55. The number of hydrogen-bond acceptors (Lipinski definition) is 5. The number of nitrogens with zero attached hydrogens (tertiary/aromatic N) is 1. The molecule has 2 aromatic carbocycles. The lowest BCUT2D eigenvalue weighted by atomic mass is 10.1. The highest BCUT2D eigenvalue weighted by atomic mass is 32.2. The van der Waals surface area contributed by atoms with E-state index in [0.717, 1.165) is 28.0 Å². The zero-order valence-corrected chi connectivity index (χ0v) is 14.7. The zero-order valence-electron chi connectivity index (χ0n) is 13.9. The lowest BCUT2D eigenvalue weighted by molar-refractivity contribution is 0.340. The van der Waals surface area contributed by atoms with Crippen molar-refractivity contribution in [2.75, 3.05) is 11.9 Å². The topological polar surface area (TPSA) is 88.5 Å². The Kier molecular flexibility index (Phi) is 4.61. The van der Waals surface area contributed by atoms with Crippen LogP contribution in [0.1, 0.15) is 12.6 Å². The fourth-order valence-corrected chi connectivity index (χ4v) is 3.11. The van der Waals surface area contributed by atoms with E-state index in [9.17, 15) is 13.0 Å². The summed E-state index contributed by atoms with van der Waals surface area (Å²) in [6.45, 7) is 4.36. The van der Waals surface area contributed by atoms with Gasteiger partial charge in [0.05, 0.1) is 17.0 Å². The summed E-state index contributed by atoms with van der Waals surface area (Å²) < 4.78 is 37.4. The molecule has 1 aromatic heterocycles. The minimum absolute atomic E-state index is 0.164. The van der Waals surface area contributed by atoms with Gasteiger partial charge >= 0.3 is 0 Å². The van der Waals surface area contributed by atoms with Gasteiger partial charge in [-0.05, 0) is 56.3 Å². The van der Waals surface area contributed by atoms with Crippen molar-refractivity contribution in [2.24, 2.45) is 0 Å². The van der Waals surface area contributed by atoms with Crippen molar-refractivity contribution in [2.45, 2.75) is 18.7 Å². The Morgan fingerprint density at radius 1 is 1.16 bits per heavy atom. The van der Waals surface area contributed by atoms with Gasteiger partial charge in [-0.15, -0.1) is 0 Å². The Labute approximate surface area is 146 Å². The molecule has 0 unspecified atom stereocenters. The van der Waals surface area contributed by atoms with Gasteiger partial charge in [0.25, 0.3) is 10.1 Å². The summed E-state index contributed by atoms with van der Waals surface area (Å²) in [4.78, 5) is 4.34. The molecule has 0 radical (unpaired) electrons. The monoisotopic (exact) mass is 358 g/mol. The molecule has 0 saturated heterocycles. The van der Waals surface area contributed by atoms with E-state index >= 15 is 0 Å². The van der Waals surface area contributed by atoms with Gasteiger partial charge in [0.2, 0.25) is 0 Å². The number of pyridine rings is 1. The summed E-state index contributed by atoms with van der Waals surface area (Å²) in [6.07, 6.45) is 0. The smallest absolute Gasteiger partial charge is 0.294 e. The van der Waals surface area contributed by atoms with Crippen LogP contribution in [-0.2, 0) is 10.1 Å². The van der Waals surface area contributed by atoms with Crippen LogP contribution in [-0.4, -0.2) is 24.6 Å². The van der Waals surface area contributed by atoms with Crippen molar-refractivity contribution in [1.29, 1.82) is 0 Å². The third-order valence-corrected chi connectivity index (χ3v) is 4.48. The van der Waals surface area contributed by atoms with E-state index in [1.54, 1.807) is 12.1 Å².